The lowest BCUT2D eigenvalue weighted by atomic mass is 9.78. The molecule has 0 heterocycles. The van der Waals surface area contributed by atoms with Gasteiger partial charge in [0, 0.05) is 0 Å². The molecule has 2 aliphatic rings. The first-order valence-electron chi connectivity index (χ1n) is 7.00. The standard InChI is InChI=1S/C16H22O/c1-12-8-9-16(17,11-12)15-7-3-6-14(10-15)13-4-2-5-13/h3,6-7,10,12-13,17H,2,4-5,8-9,11H2,1H3. The zero-order chi connectivity index (χ0) is 11.9. The van der Waals surface area contributed by atoms with Crippen molar-refractivity contribution in [1.82, 2.24) is 0 Å². The normalized spacial score (nSPS) is 33.6. The fraction of sp³-hybridized carbons (Fsp3) is 0.625. The molecule has 0 amide bonds. The van der Waals surface area contributed by atoms with Gasteiger partial charge in [-0.1, -0.05) is 37.6 Å². The van der Waals surface area contributed by atoms with Gasteiger partial charge in [0.25, 0.3) is 0 Å². The number of hydrogen-bond donors (Lipinski definition) is 1. The fourth-order valence-corrected chi connectivity index (χ4v) is 3.35. The number of hydrogen-bond acceptors (Lipinski definition) is 1. The molecule has 0 aromatic heterocycles. The molecule has 0 radical (unpaired) electrons. The Morgan fingerprint density at radius 1 is 1.24 bits per heavy atom. The van der Waals surface area contributed by atoms with E-state index >= 15 is 0 Å². The molecule has 1 N–H and O–H groups in total. The Morgan fingerprint density at radius 3 is 2.65 bits per heavy atom. The Hall–Kier alpha value is -0.820. The summed E-state index contributed by atoms with van der Waals surface area (Å²) >= 11 is 0. The highest BCUT2D eigenvalue weighted by Gasteiger charge is 2.37. The van der Waals surface area contributed by atoms with Gasteiger partial charge < -0.3 is 5.11 Å². The van der Waals surface area contributed by atoms with Crippen LogP contribution in [0.25, 0.3) is 0 Å². The van der Waals surface area contributed by atoms with Gasteiger partial charge in [0.1, 0.15) is 0 Å². The van der Waals surface area contributed by atoms with Crippen molar-refractivity contribution in [3.63, 3.8) is 0 Å². The van der Waals surface area contributed by atoms with E-state index in [1.165, 1.54) is 24.8 Å². The second-order valence-electron chi connectivity index (χ2n) is 6.13. The van der Waals surface area contributed by atoms with Gasteiger partial charge in [-0.2, -0.15) is 0 Å². The van der Waals surface area contributed by atoms with Crippen LogP contribution in [0.5, 0.6) is 0 Å². The highest BCUT2D eigenvalue weighted by atomic mass is 16.3. The van der Waals surface area contributed by atoms with Gasteiger partial charge in [-0.15, -0.1) is 0 Å². The molecule has 0 aliphatic heterocycles. The quantitative estimate of drug-likeness (QED) is 0.815. The zero-order valence-electron chi connectivity index (χ0n) is 10.7. The summed E-state index contributed by atoms with van der Waals surface area (Å²) in [5, 5.41) is 10.7. The molecule has 2 aliphatic carbocycles. The van der Waals surface area contributed by atoms with Gasteiger partial charge in [-0.25, -0.2) is 0 Å². The van der Waals surface area contributed by atoms with Crippen LogP contribution in [-0.4, -0.2) is 5.11 Å². The maximum absolute atomic E-state index is 10.7. The minimum Gasteiger partial charge on any atom is -0.385 e. The fourth-order valence-electron chi connectivity index (χ4n) is 3.35. The molecule has 2 unspecified atom stereocenters. The van der Waals surface area contributed by atoms with E-state index in [1.54, 1.807) is 0 Å². The van der Waals surface area contributed by atoms with Crippen LogP contribution >= 0.6 is 0 Å². The smallest absolute Gasteiger partial charge is 0.0899 e. The van der Waals surface area contributed by atoms with Gasteiger partial charge in [-0.3, -0.25) is 0 Å². The van der Waals surface area contributed by atoms with Crippen molar-refractivity contribution in [3.05, 3.63) is 35.4 Å². The van der Waals surface area contributed by atoms with Crippen LogP contribution in [0.4, 0.5) is 0 Å². The van der Waals surface area contributed by atoms with Crippen LogP contribution < -0.4 is 0 Å². The second kappa shape index (κ2) is 4.13. The second-order valence-corrected chi connectivity index (χ2v) is 6.13. The number of benzene rings is 1. The Bertz CT molecular complexity index is 408. The third-order valence-electron chi connectivity index (χ3n) is 4.74. The molecule has 0 bridgehead atoms. The first kappa shape index (κ1) is 11.3. The number of rotatable bonds is 2. The minimum atomic E-state index is -0.542. The first-order chi connectivity index (χ1) is 8.17. The molecule has 3 rings (SSSR count). The van der Waals surface area contributed by atoms with Gasteiger partial charge >= 0.3 is 0 Å². The molecule has 1 nitrogen and oxygen atoms in total. The molecule has 92 valence electrons. The maximum Gasteiger partial charge on any atom is 0.0899 e. The Kier molecular flexibility index (Phi) is 2.74. The van der Waals surface area contributed by atoms with Crippen LogP contribution in [0.1, 0.15) is 62.5 Å². The van der Waals surface area contributed by atoms with E-state index in [4.69, 9.17) is 0 Å². The highest BCUT2D eigenvalue weighted by Crippen LogP contribution is 2.43. The average molecular weight is 230 g/mol. The van der Waals surface area contributed by atoms with Gasteiger partial charge in [0.05, 0.1) is 5.60 Å². The maximum atomic E-state index is 10.7. The van der Waals surface area contributed by atoms with E-state index < -0.39 is 5.60 Å². The molecule has 2 fully saturated rings. The van der Waals surface area contributed by atoms with Crippen molar-refractivity contribution in [2.45, 2.75) is 57.0 Å². The van der Waals surface area contributed by atoms with Crippen LogP contribution in [0, 0.1) is 5.92 Å². The lowest BCUT2D eigenvalue weighted by molar-refractivity contribution is 0.0406. The Morgan fingerprint density at radius 2 is 2.06 bits per heavy atom. The van der Waals surface area contributed by atoms with E-state index in [0.29, 0.717) is 5.92 Å². The molecule has 1 aromatic rings. The molecule has 2 saturated carbocycles. The summed E-state index contributed by atoms with van der Waals surface area (Å²) in [6.45, 7) is 2.24. The van der Waals surface area contributed by atoms with Gasteiger partial charge in [-0.05, 0) is 55.1 Å². The molecule has 2 atom stereocenters. The zero-order valence-corrected chi connectivity index (χ0v) is 10.7. The largest absolute Gasteiger partial charge is 0.385 e. The van der Waals surface area contributed by atoms with Gasteiger partial charge in [0.15, 0.2) is 0 Å². The van der Waals surface area contributed by atoms with E-state index in [0.717, 1.165) is 30.7 Å². The molecule has 0 spiro atoms. The van der Waals surface area contributed by atoms with Crippen molar-refractivity contribution in [2.75, 3.05) is 0 Å². The summed E-state index contributed by atoms with van der Waals surface area (Å²) < 4.78 is 0. The lowest BCUT2D eigenvalue weighted by Crippen LogP contribution is -2.22. The first-order valence-corrected chi connectivity index (χ1v) is 7.00. The average Bonchev–Trinajstić information content (AvgIpc) is 2.58. The molecule has 1 aromatic carbocycles. The summed E-state index contributed by atoms with van der Waals surface area (Å²) in [6, 6.07) is 8.74. The topological polar surface area (TPSA) is 20.2 Å². The molecule has 1 heteroatoms. The van der Waals surface area contributed by atoms with Crippen molar-refractivity contribution >= 4 is 0 Å². The monoisotopic (exact) mass is 230 g/mol. The van der Waals surface area contributed by atoms with Crippen LogP contribution in [-0.2, 0) is 5.60 Å². The van der Waals surface area contributed by atoms with Crippen LogP contribution in [0.2, 0.25) is 0 Å². The Balaban J connectivity index is 1.87. The minimum absolute atomic E-state index is 0.542. The third kappa shape index (κ3) is 2.01. The van der Waals surface area contributed by atoms with E-state index in [2.05, 4.69) is 31.2 Å². The summed E-state index contributed by atoms with van der Waals surface area (Å²) in [5.74, 6) is 1.42. The predicted octanol–water partition coefficient (Wildman–Crippen LogP) is 3.96. The van der Waals surface area contributed by atoms with Crippen molar-refractivity contribution in [2.24, 2.45) is 5.92 Å². The summed E-state index contributed by atoms with van der Waals surface area (Å²) in [6.07, 6.45) is 7.06. The molecular weight excluding hydrogens is 208 g/mol. The van der Waals surface area contributed by atoms with Gasteiger partial charge in [0.2, 0.25) is 0 Å². The summed E-state index contributed by atoms with van der Waals surface area (Å²) in [4.78, 5) is 0. The highest BCUT2D eigenvalue weighted by molar-refractivity contribution is 5.32. The Labute approximate surface area is 104 Å². The summed E-state index contributed by atoms with van der Waals surface area (Å²) in [5.41, 5.74) is 2.06. The molecule has 17 heavy (non-hydrogen) atoms. The van der Waals surface area contributed by atoms with Crippen molar-refractivity contribution < 1.29 is 5.11 Å². The van der Waals surface area contributed by atoms with E-state index in [1.807, 2.05) is 0 Å². The van der Waals surface area contributed by atoms with E-state index in [9.17, 15) is 5.11 Å². The van der Waals surface area contributed by atoms with Crippen LogP contribution in [0.15, 0.2) is 24.3 Å². The molecule has 0 saturated heterocycles. The molecular formula is C16H22O. The van der Waals surface area contributed by atoms with Crippen molar-refractivity contribution in [3.8, 4) is 0 Å². The lowest BCUT2D eigenvalue weighted by Gasteiger charge is -2.29. The van der Waals surface area contributed by atoms with Crippen LogP contribution in [0.3, 0.4) is 0 Å². The van der Waals surface area contributed by atoms with E-state index in [-0.39, 0.29) is 0 Å². The predicted molar refractivity (Wildman–Crippen MR) is 69.9 cm³/mol. The third-order valence-corrected chi connectivity index (χ3v) is 4.74. The summed E-state index contributed by atoms with van der Waals surface area (Å²) in [7, 11) is 0. The SMILES string of the molecule is CC1CCC(O)(c2cccc(C3CCC3)c2)C1. The van der Waals surface area contributed by atoms with Crippen molar-refractivity contribution in [1.29, 1.82) is 0 Å². The number of aliphatic hydroxyl groups is 1.